The van der Waals surface area contributed by atoms with Gasteiger partial charge in [-0.1, -0.05) is 12.8 Å². The van der Waals surface area contributed by atoms with Gasteiger partial charge in [-0.05, 0) is 38.7 Å². The third-order valence-electron chi connectivity index (χ3n) is 5.45. The van der Waals surface area contributed by atoms with Crippen LogP contribution in [0.1, 0.15) is 51.1 Å². The molecule has 2 aliphatic rings. The molecule has 4 rings (SSSR count). The lowest BCUT2D eigenvalue weighted by molar-refractivity contribution is -0.139. The lowest BCUT2D eigenvalue weighted by atomic mass is 9.92. The minimum Gasteiger partial charge on any atom is -0.331 e. The highest BCUT2D eigenvalue weighted by atomic mass is 16.2. The van der Waals surface area contributed by atoms with Crippen molar-refractivity contribution in [3.05, 3.63) is 30.2 Å². The lowest BCUT2D eigenvalue weighted by Gasteiger charge is -2.37. The van der Waals surface area contributed by atoms with Crippen molar-refractivity contribution in [1.82, 2.24) is 19.5 Å². The average Bonchev–Trinajstić information content (AvgIpc) is 3.26. The van der Waals surface area contributed by atoms with Gasteiger partial charge in [0.2, 0.25) is 5.91 Å². The fourth-order valence-corrected chi connectivity index (χ4v) is 4.22. The summed E-state index contributed by atoms with van der Waals surface area (Å²) >= 11 is 0. The number of nitrogens with zero attached hydrogens (tertiary/aromatic N) is 4. The molecule has 0 unspecified atom stereocenters. The van der Waals surface area contributed by atoms with Crippen LogP contribution in [0, 0.1) is 5.92 Å². The molecule has 1 saturated carbocycles. The molecule has 0 N–H and O–H groups in total. The Hall–Kier alpha value is -1.91. The molecule has 1 atom stereocenters. The van der Waals surface area contributed by atoms with Gasteiger partial charge in [-0.2, -0.15) is 5.10 Å². The number of hydrogen-bond acceptors (Lipinski definition) is 3. The summed E-state index contributed by atoms with van der Waals surface area (Å²) in [4.78, 5) is 19.5. The van der Waals surface area contributed by atoms with E-state index in [1.165, 1.54) is 12.8 Å². The molecular formula is C17H22N4O. The molecule has 22 heavy (non-hydrogen) atoms. The number of fused-ring (bicyclic) bond motifs is 1. The second-order valence-electron chi connectivity index (χ2n) is 6.78. The Morgan fingerprint density at radius 2 is 2.05 bits per heavy atom. The van der Waals surface area contributed by atoms with Crippen LogP contribution in [0.15, 0.2) is 24.5 Å². The first-order chi connectivity index (χ1) is 10.7. The second-order valence-corrected chi connectivity index (χ2v) is 6.78. The van der Waals surface area contributed by atoms with Gasteiger partial charge in [0.25, 0.3) is 0 Å². The molecule has 2 aromatic rings. The van der Waals surface area contributed by atoms with Crippen molar-refractivity contribution in [2.75, 3.05) is 6.54 Å². The molecule has 2 aromatic heterocycles. The van der Waals surface area contributed by atoms with E-state index in [0.717, 1.165) is 43.6 Å². The van der Waals surface area contributed by atoms with Crippen LogP contribution in [0.2, 0.25) is 0 Å². The van der Waals surface area contributed by atoms with Crippen molar-refractivity contribution >= 4 is 11.6 Å². The molecular weight excluding hydrogens is 276 g/mol. The Kier molecular flexibility index (Phi) is 3.17. The Bertz CT molecular complexity index is 704. The summed E-state index contributed by atoms with van der Waals surface area (Å²) < 4.78 is 1.89. The summed E-state index contributed by atoms with van der Waals surface area (Å²) in [6.07, 6.45) is 10.1. The van der Waals surface area contributed by atoms with Crippen LogP contribution in [0.4, 0.5) is 0 Å². The number of carbonyl (C=O) groups is 1. The first-order valence-electron chi connectivity index (χ1n) is 8.31. The second kappa shape index (κ2) is 5.07. The van der Waals surface area contributed by atoms with Gasteiger partial charge >= 0.3 is 0 Å². The number of amides is 1. The highest BCUT2D eigenvalue weighted by Gasteiger charge is 2.44. The van der Waals surface area contributed by atoms with Crippen LogP contribution >= 0.6 is 0 Å². The highest BCUT2D eigenvalue weighted by molar-refractivity contribution is 5.80. The molecule has 0 bridgehead atoms. The Morgan fingerprint density at radius 1 is 1.23 bits per heavy atom. The number of likely N-dealkylation sites (tertiary alicyclic amines) is 1. The minimum absolute atomic E-state index is 0.229. The SMILES string of the molecule is C[C@]1(c2ccnc3ccnn23)CCCN1C(=O)C1CCCC1. The summed E-state index contributed by atoms with van der Waals surface area (Å²) in [6, 6.07) is 3.92. The van der Waals surface area contributed by atoms with Crippen molar-refractivity contribution in [3.8, 4) is 0 Å². The normalized spacial score (nSPS) is 26.1. The van der Waals surface area contributed by atoms with Crippen LogP contribution in [-0.2, 0) is 10.3 Å². The highest BCUT2D eigenvalue weighted by Crippen LogP contribution is 2.41. The Morgan fingerprint density at radius 3 is 2.86 bits per heavy atom. The quantitative estimate of drug-likeness (QED) is 0.856. The topological polar surface area (TPSA) is 50.5 Å². The molecule has 5 heteroatoms. The number of carbonyl (C=O) groups excluding carboxylic acids is 1. The van der Waals surface area contributed by atoms with E-state index in [4.69, 9.17) is 0 Å². The molecule has 1 aliphatic carbocycles. The van der Waals surface area contributed by atoms with Gasteiger partial charge in [-0.15, -0.1) is 0 Å². The van der Waals surface area contributed by atoms with Gasteiger partial charge in [0.1, 0.15) is 0 Å². The van der Waals surface area contributed by atoms with E-state index in [2.05, 4.69) is 21.9 Å². The molecule has 1 saturated heterocycles. The predicted octanol–water partition coefficient (Wildman–Crippen LogP) is 2.76. The van der Waals surface area contributed by atoms with E-state index >= 15 is 0 Å². The standard InChI is InChI=1S/C17H22N4O/c1-17(14-7-10-18-15-8-11-19-21(14)15)9-4-12-20(17)16(22)13-5-2-3-6-13/h7-8,10-11,13H,2-6,9,12H2,1H3/t17-/m1/s1. The van der Waals surface area contributed by atoms with Gasteiger partial charge in [0, 0.05) is 24.7 Å². The van der Waals surface area contributed by atoms with Gasteiger partial charge < -0.3 is 4.90 Å². The fourth-order valence-electron chi connectivity index (χ4n) is 4.22. The Balaban J connectivity index is 1.74. The van der Waals surface area contributed by atoms with Crippen molar-refractivity contribution in [1.29, 1.82) is 0 Å². The van der Waals surface area contributed by atoms with E-state index < -0.39 is 0 Å². The van der Waals surface area contributed by atoms with Crippen molar-refractivity contribution < 1.29 is 4.79 Å². The van der Waals surface area contributed by atoms with Crippen LogP contribution in [0.25, 0.3) is 5.65 Å². The fraction of sp³-hybridized carbons (Fsp3) is 0.588. The predicted molar refractivity (Wildman–Crippen MR) is 83.2 cm³/mol. The zero-order valence-corrected chi connectivity index (χ0v) is 13.0. The first kappa shape index (κ1) is 13.7. The monoisotopic (exact) mass is 298 g/mol. The smallest absolute Gasteiger partial charge is 0.226 e. The van der Waals surface area contributed by atoms with E-state index in [9.17, 15) is 4.79 Å². The largest absolute Gasteiger partial charge is 0.331 e. The average molecular weight is 298 g/mol. The van der Waals surface area contributed by atoms with E-state index in [1.807, 2.05) is 22.8 Å². The third kappa shape index (κ3) is 1.95. The molecule has 1 aliphatic heterocycles. The van der Waals surface area contributed by atoms with E-state index in [0.29, 0.717) is 5.91 Å². The maximum absolute atomic E-state index is 13.0. The molecule has 0 radical (unpaired) electrons. The molecule has 3 heterocycles. The summed E-state index contributed by atoms with van der Waals surface area (Å²) in [6.45, 7) is 3.04. The number of hydrogen-bond donors (Lipinski definition) is 0. The molecule has 2 fully saturated rings. The molecule has 5 nitrogen and oxygen atoms in total. The van der Waals surface area contributed by atoms with Gasteiger partial charge in [0.15, 0.2) is 5.65 Å². The molecule has 0 spiro atoms. The van der Waals surface area contributed by atoms with E-state index in [1.54, 1.807) is 6.20 Å². The third-order valence-corrected chi connectivity index (χ3v) is 5.45. The number of aromatic nitrogens is 3. The number of rotatable bonds is 2. The summed E-state index contributed by atoms with van der Waals surface area (Å²) in [5.41, 5.74) is 1.65. The van der Waals surface area contributed by atoms with Crippen molar-refractivity contribution in [3.63, 3.8) is 0 Å². The zero-order chi connectivity index (χ0) is 15.2. The van der Waals surface area contributed by atoms with Gasteiger partial charge in [-0.3, -0.25) is 4.79 Å². The maximum atomic E-state index is 13.0. The minimum atomic E-state index is -0.271. The first-order valence-corrected chi connectivity index (χ1v) is 8.31. The van der Waals surface area contributed by atoms with Gasteiger partial charge in [0.05, 0.1) is 17.4 Å². The van der Waals surface area contributed by atoms with Crippen LogP contribution in [-0.4, -0.2) is 31.9 Å². The molecule has 116 valence electrons. The summed E-state index contributed by atoms with van der Waals surface area (Å²) in [7, 11) is 0. The molecule has 0 aromatic carbocycles. The van der Waals surface area contributed by atoms with Crippen LogP contribution in [0.3, 0.4) is 0 Å². The maximum Gasteiger partial charge on any atom is 0.226 e. The van der Waals surface area contributed by atoms with Gasteiger partial charge in [-0.25, -0.2) is 9.50 Å². The van der Waals surface area contributed by atoms with Crippen LogP contribution < -0.4 is 0 Å². The Labute approximate surface area is 130 Å². The van der Waals surface area contributed by atoms with E-state index in [-0.39, 0.29) is 11.5 Å². The van der Waals surface area contributed by atoms with Crippen molar-refractivity contribution in [2.45, 2.75) is 51.0 Å². The molecule has 1 amide bonds. The zero-order valence-electron chi connectivity index (χ0n) is 13.0. The van der Waals surface area contributed by atoms with Crippen molar-refractivity contribution in [2.24, 2.45) is 5.92 Å². The summed E-state index contributed by atoms with van der Waals surface area (Å²) in [5, 5.41) is 4.42. The lowest BCUT2D eigenvalue weighted by Crippen LogP contribution is -2.46. The summed E-state index contributed by atoms with van der Waals surface area (Å²) in [5.74, 6) is 0.571. The van der Waals surface area contributed by atoms with Crippen LogP contribution in [0.5, 0.6) is 0 Å².